The van der Waals surface area contributed by atoms with Gasteiger partial charge in [-0.2, -0.15) is 5.10 Å². The number of carbonyl (C=O) groups excluding carboxylic acids is 1. The summed E-state index contributed by atoms with van der Waals surface area (Å²) in [6, 6.07) is 11.1. The minimum absolute atomic E-state index is 0.261. The molecular formula is C30H38FN3O3S. The molecule has 1 amide bonds. The van der Waals surface area contributed by atoms with Crippen molar-refractivity contribution in [2.45, 2.75) is 57.9 Å². The first kappa shape index (κ1) is 30.7. The maximum atomic E-state index is 13.4. The van der Waals surface area contributed by atoms with Gasteiger partial charge in [-0.3, -0.25) is 9.00 Å². The van der Waals surface area contributed by atoms with Gasteiger partial charge in [-0.05, 0) is 61.4 Å². The quantitative estimate of drug-likeness (QED) is 0.285. The number of carbonyl (C=O) groups is 1. The van der Waals surface area contributed by atoms with Crippen LogP contribution in [0.3, 0.4) is 0 Å². The first-order valence-electron chi connectivity index (χ1n) is 12.7. The lowest BCUT2D eigenvalue weighted by atomic mass is 10.00. The maximum Gasteiger partial charge on any atom is 0.252 e. The smallest absolute Gasteiger partial charge is 0.252 e. The number of hydrogen-bond donors (Lipinski definition) is 1. The third kappa shape index (κ3) is 7.51. The Morgan fingerprint density at radius 2 is 1.87 bits per heavy atom. The van der Waals surface area contributed by atoms with E-state index < -0.39 is 10.8 Å². The van der Waals surface area contributed by atoms with Crippen LogP contribution in [0.4, 0.5) is 4.39 Å². The van der Waals surface area contributed by atoms with E-state index in [2.05, 4.69) is 30.8 Å². The zero-order chi connectivity index (χ0) is 28.2. The molecule has 0 bridgehead atoms. The summed E-state index contributed by atoms with van der Waals surface area (Å²) < 4.78 is 32.6. The zero-order valence-electron chi connectivity index (χ0n) is 23.1. The summed E-state index contributed by atoms with van der Waals surface area (Å²) in [5.74, 6) is -0.0535. The Hall–Kier alpha value is -3.52. The van der Waals surface area contributed by atoms with E-state index in [9.17, 15) is 13.4 Å². The van der Waals surface area contributed by atoms with Crippen molar-refractivity contribution < 1.29 is 18.1 Å². The average molecular weight is 540 g/mol. The van der Waals surface area contributed by atoms with Crippen molar-refractivity contribution in [3.63, 3.8) is 0 Å². The molecule has 0 saturated carbocycles. The predicted molar refractivity (Wildman–Crippen MR) is 154 cm³/mol. The van der Waals surface area contributed by atoms with Crippen LogP contribution in [0.15, 0.2) is 66.2 Å². The van der Waals surface area contributed by atoms with Crippen LogP contribution in [0, 0.1) is 5.82 Å². The molecule has 0 aliphatic rings. The van der Waals surface area contributed by atoms with Gasteiger partial charge in [0.25, 0.3) is 5.91 Å². The Labute approximate surface area is 228 Å². The van der Waals surface area contributed by atoms with Gasteiger partial charge in [-0.1, -0.05) is 52.3 Å². The van der Waals surface area contributed by atoms with Crippen molar-refractivity contribution in [3.05, 3.63) is 84.0 Å². The van der Waals surface area contributed by atoms with Crippen molar-refractivity contribution in [1.82, 2.24) is 15.1 Å². The van der Waals surface area contributed by atoms with Gasteiger partial charge < -0.3 is 10.1 Å². The molecular weight excluding hydrogens is 501 g/mol. The molecule has 6 nitrogen and oxygen atoms in total. The highest BCUT2D eigenvalue weighted by molar-refractivity contribution is 7.84. The summed E-state index contributed by atoms with van der Waals surface area (Å²) in [4.78, 5) is 14.0. The Morgan fingerprint density at radius 1 is 1.21 bits per heavy atom. The Kier molecular flexibility index (Phi) is 12.1. The molecule has 3 rings (SSSR count). The average Bonchev–Trinajstić information content (AvgIpc) is 3.33. The van der Waals surface area contributed by atoms with E-state index in [-0.39, 0.29) is 17.8 Å². The fourth-order valence-corrected chi connectivity index (χ4v) is 4.68. The van der Waals surface area contributed by atoms with Crippen LogP contribution in [-0.4, -0.2) is 33.3 Å². The van der Waals surface area contributed by atoms with Gasteiger partial charge in [0.15, 0.2) is 0 Å². The highest BCUT2D eigenvalue weighted by Gasteiger charge is 2.23. The fraction of sp³-hybridized carbons (Fsp3) is 0.333. The molecule has 1 unspecified atom stereocenters. The largest absolute Gasteiger partial charge is 0.495 e. The normalized spacial score (nSPS) is 12.7. The second kappa shape index (κ2) is 15.0. The number of nitrogens with zero attached hydrogens (tertiary/aromatic N) is 2. The van der Waals surface area contributed by atoms with E-state index in [0.29, 0.717) is 39.6 Å². The number of rotatable bonds is 10. The van der Waals surface area contributed by atoms with Crippen LogP contribution in [0.25, 0.3) is 17.3 Å². The molecule has 0 aliphatic heterocycles. The molecule has 0 spiro atoms. The Bertz CT molecular complexity index is 1280. The lowest BCUT2D eigenvalue weighted by Crippen LogP contribution is -2.29. The van der Waals surface area contributed by atoms with Gasteiger partial charge in [-0.15, -0.1) is 0 Å². The van der Waals surface area contributed by atoms with Crippen molar-refractivity contribution in [1.29, 1.82) is 0 Å². The number of methoxy groups -OCH3 is 1. The highest BCUT2D eigenvalue weighted by atomic mass is 32.2. The van der Waals surface area contributed by atoms with Crippen molar-refractivity contribution in [2.75, 3.05) is 13.4 Å². The van der Waals surface area contributed by atoms with Crippen molar-refractivity contribution >= 4 is 28.4 Å². The Morgan fingerprint density at radius 3 is 2.39 bits per heavy atom. The molecule has 1 heterocycles. The van der Waals surface area contributed by atoms with Gasteiger partial charge in [0.2, 0.25) is 0 Å². The number of allylic oxidation sites excluding steroid dienone is 1. The van der Waals surface area contributed by atoms with Gasteiger partial charge >= 0.3 is 0 Å². The SMILES string of the molecule is C=Cc1c(/C(=C\C)C(=O)N[C@H](CCC)c2ccc(OC)c(S(C)=O)c2)cnn1-c1ccc(F)cc1.CCC. The number of benzene rings is 2. The van der Waals surface area contributed by atoms with E-state index >= 15 is 0 Å². The molecule has 2 atom stereocenters. The van der Waals surface area contributed by atoms with Gasteiger partial charge in [0.05, 0.1) is 46.4 Å². The monoisotopic (exact) mass is 539 g/mol. The lowest BCUT2D eigenvalue weighted by molar-refractivity contribution is -0.116. The van der Waals surface area contributed by atoms with Crippen LogP contribution in [0.2, 0.25) is 0 Å². The van der Waals surface area contributed by atoms with Crippen LogP contribution in [0.5, 0.6) is 5.75 Å². The summed E-state index contributed by atoms with van der Waals surface area (Å²) in [7, 11) is 0.300. The molecule has 0 aliphatic carbocycles. The zero-order valence-corrected chi connectivity index (χ0v) is 23.9. The second-order valence-corrected chi connectivity index (χ2v) is 9.97. The number of hydrogen-bond acceptors (Lipinski definition) is 4. The second-order valence-electron chi connectivity index (χ2n) is 8.62. The topological polar surface area (TPSA) is 73.2 Å². The standard InChI is InChI=1S/C27H30FN3O3S.C3H8/c1-6-9-23(18-10-15-25(34-4)26(16-18)35(5)33)30-27(32)21(7-2)22-17-29-31(24(22)8-3)20-13-11-19(28)12-14-20;1-3-2/h7-8,10-17,23H,3,6,9H2,1-2,4-5H3,(H,30,32);3H2,1-2H3/b21-7+;/t23-,35?;/m1./s1. The molecule has 204 valence electrons. The molecule has 1 aromatic heterocycles. The van der Waals surface area contributed by atoms with Crippen LogP contribution >= 0.6 is 0 Å². The Balaban J connectivity index is 0.00000161. The molecule has 3 aromatic rings. The van der Waals surface area contributed by atoms with E-state index in [1.807, 2.05) is 19.1 Å². The minimum Gasteiger partial charge on any atom is -0.495 e. The first-order chi connectivity index (χ1) is 18.3. The van der Waals surface area contributed by atoms with Crippen LogP contribution < -0.4 is 10.1 Å². The van der Waals surface area contributed by atoms with E-state index in [1.54, 1.807) is 54.4 Å². The molecule has 0 fully saturated rings. The fourth-order valence-electron chi connectivity index (χ4n) is 3.94. The predicted octanol–water partition coefficient (Wildman–Crippen LogP) is 6.88. The van der Waals surface area contributed by atoms with E-state index in [0.717, 1.165) is 12.0 Å². The maximum absolute atomic E-state index is 13.4. The minimum atomic E-state index is -1.24. The number of aromatic nitrogens is 2. The molecule has 38 heavy (non-hydrogen) atoms. The number of halogens is 1. The summed E-state index contributed by atoms with van der Waals surface area (Å²) in [5, 5.41) is 7.54. The summed E-state index contributed by atoms with van der Waals surface area (Å²) in [6.45, 7) is 12.0. The first-order valence-corrected chi connectivity index (χ1v) is 14.3. The summed E-state index contributed by atoms with van der Waals surface area (Å²) >= 11 is 0. The van der Waals surface area contributed by atoms with E-state index in [4.69, 9.17) is 4.74 Å². The lowest BCUT2D eigenvalue weighted by Gasteiger charge is -2.21. The molecule has 8 heteroatoms. The summed E-state index contributed by atoms with van der Waals surface area (Å²) in [6.07, 6.45) is 9.36. The number of ether oxygens (including phenoxy) is 1. The van der Waals surface area contributed by atoms with Crippen LogP contribution in [0.1, 0.15) is 69.8 Å². The van der Waals surface area contributed by atoms with Crippen molar-refractivity contribution in [3.8, 4) is 11.4 Å². The third-order valence-electron chi connectivity index (χ3n) is 5.68. The highest BCUT2D eigenvalue weighted by Crippen LogP contribution is 2.29. The molecule has 1 N–H and O–H groups in total. The molecule has 0 radical (unpaired) electrons. The molecule has 2 aromatic carbocycles. The molecule has 0 saturated heterocycles. The van der Waals surface area contributed by atoms with Crippen LogP contribution in [-0.2, 0) is 15.6 Å². The van der Waals surface area contributed by atoms with Gasteiger partial charge in [0, 0.05) is 17.4 Å². The summed E-state index contributed by atoms with van der Waals surface area (Å²) in [5.41, 5.74) is 3.20. The number of amides is 1. The van der Waals surface area contributed by atoms with Gasteiger partial charge in [-0.25, -0.2) is 9.07 Å². The van der Waals surface area contributed by atoms with Gasteiger partial charge in [0.1, 0.15) is 11.6 Å². The van der Waals surface area contributed by atoms with Crippen molar-refractivity contribution in [2.24, 2.45) is 0 Å². The third-order valence-corrected chi connectivity index (χ3v) is 6.62. The van der Waals surface area contributed by atoms with E-state index in [1.165, 1.54) is 25.7 Å². The number of nitrogens with one attached hydrogen (secondary N) is 1.